The second-order valence-corrected chi connectivity index (χ2v) is 18.9. The molecule has 0 rings (SSSR count). The number of hydrogen-bond donors (Lipinski definition) is 0. The van der Waals surface area contributed by atoms with Gasteiger partial charge in [0.25, 0.3) is 0 Å². The summed E-state index contributed by atoms with van der Waals surface area (Å²) in [6.45, 7) is 11.3. The first-order chi connectivity index (χ1) is 28.8. The maximum absolute atomic E-state index is 12.7. The van der Waals surface area contributed by atoms with Crippen LogP contribution in [0.5, 0.6) is 0 Å². The van der Waals surface area contributed by atoms with Crippen LogP contribution in [0.4, 0.5) is 0 Å². The molecule has 0 aliphatic rings. The molecule has 0 fully saturated rings. The molecule has 350 valence electrons. The third kappa shape index (κ3) is 45.8. The van der Waals surface area contributed by atoms with Gasteiger partial charge in [-0.1, -0.05) is 253 Å². The van der Waals surface area contributed by atoms with Gasteiger partial charge < -0.3 is 14.2 Å². The van der Waals surface area contributed by atoms with Crippen LogP contribution in [0.2, 0.25) is 0 Å². The predicted octanol–water partition coefficient (Wildman–Crippen LogP) is 16.9. The third-order valence-electron chi connectivity index (χ3n) is 12.3. The summed E-state index contributed by atoms with van der Waals surface area (Å²) in [5.74, 6) is 0.874. The number of carbonyl (C=O) groups excluding carboxylic acids is 3. The number of unbranched alkanes of at least 4 members (excludes halogenated alkanes) is 31. The molecule has 0 aliphatic carbocycles. The monoisotopic (exact) mass is 835 g/mol. The Bertz CT molecular complexity index is 902. The van der Waals surface area contributed by atoms with Gasteiger partial charge in [0.1, 0.15) is 13.2 Å². The second kappa shape index (κ2) is 45.9. The molecule has 0 saturated heterocycles. The minimum Gasteiger partial charge on any atom is -0.462 e. The van der Waals surface area contributed by atoms with Crippen LogP contribution in [-0.2, 0) is 28.6 Å². The van der Waals surface area contributed by atoms with Gasteiger partial charge >= 0.3 is 17.9 Å². The number of ether oxygens (including phenoxy) is 3. The van der Waals surface area contributed by atoms with Gasteiger partial charge in [0.2, 0.25) is 0 Å². The van der Waals surface area contributed by atoms with E-state index < -0.39 is 6.10 Å². The smallest absolute Gasteiger partial charge is 0.306 e. The van der Waals surface area contributed by atoms with Crippen LogP contribution in [0.1, 0.15) is 291 Å². The number of carbonyl (C=O) groups is 3. The van der Waals surface area contributed by atoms with Gasteiger partial charge in [0, 0.05) is 19.3 Å². The molecular weight excluding hydrogens is 733 g/mol. The van der Waals surface area contributed by atoms with Crippen molar-refractivity contribution in [1.29, 1.82) is 0 Å². The van der Waals surface area contributed by atoms with E-state index in [2.05, 4.69) is 34.6 Å². The summed E-state index contributed by atoms with van der Waals surface area (Å²) < 4.78 is 16.7. The fraction of sp³-hybridized carbons (Fsp3) is 0.943. The first-order valence-corrected chi connectivity index (χ1v) is 26.3. The summed E-state index contributed by atoms with van der Waals surface area (Å²) in [5, 5.41) is 0. The lowest BCUT2D eigenvalue weighted by atomic mass is 9.99. The molecule has 0 amide bonds. The molecular formula is C53H102O6. The largest absolute Gasteiger partial charge is 0.462 e. The van der Waals surface area contributed by atoms with Gasteiger partial charge in [-0.25, -0.2) is 0 Å². The fourth-order valence-electron chi connectivity index (χ4n) is 7.96. The van der Waals surface area contributed by atoms with Gasteiger partial charge in [-0.15, -0.1) is 0 Å². The van der Waals surface area contributed by atoms with Crippen molar-refractivity contribution in [2.24, 2.45) is 11.8 Å². The quantitative estimate of drug-likeness (QED) is 0.0345. The SMILES string of the molecule is CCCCCCCC(=O)OC[C@@H](COC(=O)CCCCCCCCCCCCCC(C)C)OC(=O)CCCCCCCCCCCCCCCCCCCCC(C)CC. The summed E-state index contributed by atoms with van der Waals surface area (Å²) in [5.41, 5.74) is 0. The van der Waals surface area contributed by atoms with Crippen molar-refractivity contribution in [2.75, 3.05) is 13.2 Å². The van der Waals surface area contributed by atoms with Crippen molar-refractivity contribution >= 4 is 17.9 Å². The number of hydrogen-bond acceptors (Lipinski definition) is 6. The summed E-state index contributed by atoms with van der Waals surface area (Å²) in [4.78, 5) is 37.6. The third-order valence-corrected chi connectivity index (χ3v) is 12.3. The topological polar surface area (TPSA) is 78.9 Å². The molecule has 0 saturated carbocycles. The van der Waals surface area contributed by atoms with Gasteiger partial charge in [-0.05, 0) is 31.1 Å². The zero-order chi connectivity index (χ0) is 43.3. The molecule has 0 N–H and O–H groups in total. The van der Waals surface area contributed by atoms with E-state index in [1.807, 2.05) is 0 Å². The minimum absolute atomic E-state index is 0.0648. The zero-order valence-corrected chi connectivity index (χ0v) is 40.4. The summed E-state index contributed by atoms with van der Waals surface area (Å²) >= 11 is 0. The van der Waals surface area contributed by atoms with Gasteiger partial charge in [0.15, 0.2) is 6.10 Å². The Morgan fingerprint density at radius 1 is 0.356 bits per heavy atom. The van der Waals surface area contributed by atoms with Crippen molar-refractivity contribution < 1.29 is 28.6 Å². The Labute approximate surface area is 368 Å². The van der Waals surface area contributed by atoms with Crippen LogP contribution >= 0.6 is 0 Å². The molecule has 0 aromatic carbocycles. The van der Waals surface area contributed by atoms with E-state index in [0.717, 1.165) is 76.0 Å². The average Bonchev–Trinajstić information content (AvgIpc) is 3.22. The normalized spacial score (nSPS) is 12.5. The highest BCUT2D eigenvalue weighted by Crippen LogP contribution is 2.18. The fourth-order valence-corrected chi connectivity index (χ4v) is 7.96. The van der Waals surface area contributed by atoms with Gasteiger partial charge in [-0.2, -0.15) is 0 Å². The highest BCUT2D eigenvalue weighted by Gasteiger charge is 2.19. The highest BCUT2D eigenvalue weighted by atomic mass is 16.6. The summed E-state index contributed by atoms with van der Waals surface area (Å²) in [7, 11) is 0. The van der Waals surface area contributed by atoms with Crippen LogP contribution in [-0.4, -0.2) is 37.2 Å². The lowest BCUT2D eigenvalue weighted by molar-refractivity contribution is -0.167. The van der Waals surface area contributed by atoms with Crippen molar-refractivity contribution in [3.8, 4) is 0 Å². The average molecular weight is 835 g/mol. The second-order valence-electron chi connectivity index (χ2n) is 18.9. The van der Waals surface area contributed by atoms with E-state index >= 15 is 0 Å². The van der Waals surface area contributed by atoms with Crippen LogP contribution in [0.25, 0.3) is 0 Å². The van der Waals surface area contributed by atoms with E-state index in [4.69, 9.17) is 14.2 Å². The molecule has 0 bridgehead atoms. The van der Waals surface area contributed by atoms with Crippen molar-refractivity contribution in [2.45, 2.75) is 298 Å². The lowest BCUT2D eigenvalue weighted by Gasteiger charge is -2.18. The highest BCUT2D eigenvalue weighted by molar-refractivity contribution is 5.71. The Balaban J connectivity index is 4.07. The molecule has 0 heterocycles. The maximum Gasteiger partial charge on any atom is 0.306 e. The Kier molecular flexibility index (Phi) is 44.7. The van der Waals surface area contributed by atoms with Crippen LogP contribution < -0.4 is 0 Å². The molecule has 59 heavy (non-hydrogen) atoms. The van der Waals surface area contributed by atoms with Crippen LogP contribution in [0, 0.1) is 11.8 Å². The first-order valence-electron chi connectivity index (χ1n) is 26.3. The van der Waals surface area contributed by atoms with E-state index in [9.17, 15) is 14.4 Å². The Hall–Kier alpha value is -1.59. The van der Waals surface area contributed by atoms with E-state index in [1.54, 1.807) is 0 Å². The predicted molar refractivity (Wildman–Crippen MR) is 252 cm³/mol. The van der Waals surface area contributed by atoms with E-state index in [-0.39, 0.29) is 31.1 Å². The molecule has 0 radical (unpaired) electrons. The number of esters is 3. The summed E-state index contributed by atoms with van der Waals surface area (Å²) in [6.07, 6.45) is 47.0. The van der Waals surface area contributed by atoms with Gasteiger partial charge in [0.05, 0.1) is 0 Å². The Morgan fingerprint density at radius 3 is 0.966 bits per heavy atom. The Morgan fingerprint density at radius 2 is 0.644 bits per heavy atom. The van der Waals surface area contributed by atoms with Crippen LogP contribution in [0.15, 0.2) is 0 Å². The van der Waals surface area contributed by atoms with Crippen molar-refractivity contribution in [1.82, 2.24) is 0 Å². The number of rotatable bonds is 47. The van der Waals surface area contributed by atoms with Crippen molar-refractivity contribution in [3.63, 3.8) is 0 Å². The zero-order valence-electron chi connectivity index (χ0n) is 40.4. The molecule has 0 aromatic heterocycles. The first kappa shape index (κ1) is 57.4. The molecule has 6 nitrogen and oxygen atoms in total. The molecule has 1 unspecified atom stereocenters. The molecule has 2 atom stereocenters. The van der Waals surface area contributed by atoms with E-state index in [1.165, 1.54) is 173 Å². The molecule has 0 aromatic rings. The van der Waals surface area contributed by atoms with E-state index in [0.29, 0.717) is 19.3 Å². The molecule has 0 aliphatic heterocycles. The maximum atomic E-state index is 12.7. The van der Waals surface area contributed by atoms with Crippen LogP contribution in [0.3, 0.4) is 0 Å². The van der Waals surface area contributed by atoms with Crippen molar-refractivity contribution in [3.05, 3.63) is 0 Å². The van der Waals surface area contributed by atoms with Gasteiger partial charge in [-0.3, -0.25) is 14.4 Å². The molecule has 0 spiro atoms. The lowest BCUT2D eigenvalue weighted by Crippen LogP contribution is -2.30. The molecule has 6 heteroatoms. The minimum atomic E-state index is -0.759. The summed E-state index contributed by atoms with van der Waals surface area (Å²) in [6, 6.07) is 0. The standard InChI is InChI=1S/C53H102O6/c1-6-8-9-31-38-43-51(54)57-46-50(47-58-52(55)44-39-34-29-25-22-18-19-23-27-32-36-41-48(3)4)59-53(56)45-40-35-30-26-21-17-15-13-11-10-12-14-16-20-24-28-33-37-42-49(5)7-2/h48-50H,6-47H2,1-5H3/t49?,50-/m0/s1.